The van der Waals surface area contributed by atoms with Crippen molar-refractivity contribution in [3.63, 3.8) is 0 Å². The molecule has 1 unspecified atom stereocenters. The van der Waals surface area contributed by atoms with Crippen LogP contribution in [0.1, 0.15) is 26.9 Å². The highest BCUT2D eigenvalue weighted by atomic mass is 127. The number of nitrogens with one attached hydrogen (secondary N) is 1. The summed E-state index contributed by atoms with van der Waals surface area (Å²) in [7, 11) is 1.99. The third-order valence-electron chi connectivity index (χ3n) is 2.95. The van der Waals surface area contributed by atoms with Crippen LogP contribution in [-0.2, 0) is 0 Å². The average Bonchev–Trinajstić information content (AvgIpc) is 2.64. The Bertz CT molecular complexity index is 565. The van der Waals surface area contributed by atoms with Gasteiger partial charge in [-0.05, 0) is 78.9 Å². The maximum atomic E-state index is 6.12. The van der Waals surface area contributed by atoms with Gasteiger partial charge in [-0.25, -0.2) is 0 Å². The molecule has 1 heterocycles. The van der Waals surface area contributed by atoms with Crippen LogP contribution in [0.2, 0.25) is 5.02 Å². The van der Waals surface area contributed by atoms with Crippen molar-refractivity contribution < 1.29 is 0 Å². The van der Waals surface area contributed by atoms with Gasteiger partial charge in [0.05, 0.1) is 6.04 Å². The number of benzene rings is 1. The van der Waals surface area contributed by atoms with E-state index < -0.39 is 0 Å². The van der Waals surface area contributed by atoms with Crippen molar-refractivity contribution in [1.29, 1.82) is 0 Å². The Balaban J connectivity index is 2.51. The number of halogens is 2. The zero-order valence-electron chi connectivity index (χ0n) is 10.6. The van der Waals surface area contributed by atoms with E-state index in [1.54, 1.807) is 0 Å². The van der Waals surface area contributed by atoms with E-state index in [4.69, 9.17) is 11.6 Å². The highest BCUT2D eigenvalue weighted by Gasteiger charge is 2.18. The van der Waals surface area contributed by atoms with Gasteiger partial charge >= 0.3 is 0 Å². The fraction of sp³-hybridized carbons (Fsp3) is 0.286. The van der Waals surface area contributed by atoms with E-state index in [0.29, 0.717) is 0 Å². The molecule has 0 amide bonds. The predicted molar refractivity (Wildman–Crippen MR) is 88.9 cm³/mol. The fourth-order valence-corrected chi connectivity index (χ4v) is 3.94. The van der Waals surface area contributed by atoms with Gasteiger partial charge in [-0.1, -0.05) is 11.6 Å². The molecule has 0 spiro atoms. The van der Waals surface area contributed by atoms with Crippen molar-refractivity contribution in [3.8, 4) is 0 Å². The summed E-state index contributed by atoms with van der Waals surface area (Å²) < 4.78 is 1.24. The Morgan fingerprint density at radius 2 is 1.94 bits per heavy atom. The number of aryl methyl sites for hydroxylation is 2. The molecule has 1 aromatic carbocycles. The summed E-state index contributed by atoms with van der Waals surface area (Å²) in [5.74, 6) is 0. The van der Waals surface area contributed by atoms with E-state index in [9.17, 15) is 0 Å². The standard InChI is InChI=1S/C14H15ClINS/c1-8-6-11(9(2)18-8)14(17-3)12-7-10(15)4-5-13(12)16/h4-7,14,17H,1-3H3. The molecule has 0 saturated carbocycles. The molecule has 0 aliphatic carbocycles. The molecule has 0 aliphatic heterocycles. The van der Waals surface area contributed by atoms with Crippen LogP contribution in [0.3, 0.4) is 0 Å². The molecule has 1 N–H and O–H groups in total. The van der Waals surface area contributed by atoms with E-state index >= 15 is 0 Å². The van der Waals surface area contributed by atoms with Crippen LogP contribution in [0.25, 0.3) is 0 Å². The summed E-state index contributed by atoms with van der Waals surface area (Å²) in [5, 5.41) is 4.19. The van der Waals surface area contributed by atoms with E-state index in [2.05, 4.69) is 60.0 Å². The number of hydrogen-bond donors (Lipinski definition) is 1. The second kappa shape index (κ2) is 5.90. The lowest BCUT2D eigenvalue weighted by Gasteiger charge is -2.18. The Morgan fingerprint density at radius 3 is 2.50 bits per heavy atom. The van der Waals surface area contributed by atoms with Crippen LogP contribution in [0, 0.1) is 17.4 Å². The SMILES string of the molecule is CNC(c1cc(Cl)ccc1I)c1cc(C)sc1C. The van der Waals surface area contributed by atoms with Gasteiger partial charge in [0, 0.05) is 18.3 Å². The number of hydrogen-bond acceptors (Lipinski definition) is 2. The van der Waals surface area contributed by atoms with Crippen LogP contribution < -0.4 is 5.32 Å². The van der Waals surface area contributed by atoms with Gasteiger partial charge in [0.1, 0.15) is 0 Å². The molecule has 1 atom stereocenters. The second-order valence-electron chi connectivity index (χ2n) is 4.26. The van der Waals surface area contributed by atoms with Gasteiger partial charge in [-0.3, -0.25) is 0 Å². The molecular formula is C14H15ClINS. The van der Waals surface area contributed by atoms with E-state index in [-0.39, 0.29) is 6.04 Å². The Morgan fingerprint density at radius 1 is 1.22 bits per heavy atom. The third-order valence-corrected chi connectivity index (χ3v) is 5.15. The molecular weight excluding hydrogens is 377 g/mol. The van der Waals surface area contributed by atoms with E-state index in [0.717, 1.165) is 5.02 Å². The minimum atomic E-state index is 0.209. The fourth-order valence-electron chi connectivity index (χ4n) is 2.15. The molecule has 2 aromatic rings. The molecule has 0 bridgehead atoms. The number of rotatable bonds is 3. The Kier molecular flexibility index (Phi) is 4.69. The van der Waals surface area contributed by atoms with Crippen molar-refractivity contribution >= 4 is 45.5 Å². The number of thiophene rings is 1. The molecule has 4 heteroatoms. The third kappa shape index (κ3) is 2.90. The molecule has 1 aromatic heterocycles. The Hall–Kier alpha value is -0.100. The van der Waals surface area contributed by atoms with Gasteiger partial charge in [0.2, 0.25) is 0 Å². The minimum absolute atomic E-state index is 0.209. The molecule has 0 fully saturated rings. The lowest BCUT2D eigenvalue weighted by Crippen LogP contribution is -2.19. The molecule has 2 rings (SSSR count). The molecule has 0 aliphatic rings. The zero-order valence-corrected chi connectivity index (χ0v) is 14.3. The first kappa shape index (κ1) is 14.3. The monoisotopic (exact) mass is 391 g/mol. The summed E-state index contributed by atoms with van der Waals surface area (Å²) in [6.07, 6.45) is 0. The lowest BCUT2D eigenvalue weighted by atomic mass is 9.99. The van der Waals surface area contributed by atoms with Gasteiger partial charge in [0.25, 0.3) is 0 Å². The first-order valence-corrected chi connectivity index (χ1v) is 7.99. The quantitative estimate of drug-likeness (QED) is 0.731. The summed E-state index contributed by atoms with van der Waals surface area (Å²) in [4.78, 5) is 2.71. The molecule has 96 valence electrons. The molecule has 0 radical (unpaired) electrons. The molecule has 0 saturated heterocycles. The van der Waals surface area contributed by atoms with Crippen LogP contribution in [-0.4, -0.2) is 7.05 Å². The van der Waals surface area contributed by atoms with Crippen LogP contribution >= 0.6 is 45.5 Å². The largest absolute Gasteiger partial charge is 0.309 e. The van der Waals surface area contributed by atoms with Gasteiger partial charge in [-0.2, -0.15) is 0 Å². The smallest absolute Gasteiger partial charge is 0.0596 e. The minimum Gasteiger partial charge on any atom is -0.309 e. The van der Waals surface area contributed by atoms with Crippen molar-refractivity contribution in [3.05, 3.63) is 53.7 Å². The van der Waals surface area contributed by atoms with Crippen LogP contribution in [0.4, 0.5) is 0 Å². The van der Waals surface area contributed by atoms with Crippen molar-refractivity contribution in [2.24, 2.45) is 0 Å². The average molecular weight is 392 g/mol. The highest BCUT2D eigenvalue weighted by molar-refractivity contribution is 14.1. The van der Waals surface area contributed by atoms with Gasteiger partial charge in [-0.15, -0.1) is 11.3 Å². The summed E-state index contributed by atoms with van der Waals surface area (Å²) in [6.45, 7) is 4.32. The topological polar surface area (TPSA) is 12.0 Å². The zero-order chi connectivity index (χ0) is 13.3. The van der Waals surface area contributed by atoms with E-state index in [1.165, 1.54) is 24.5 Å². The van der Waals surface area contributed by atoms with Crippen molar-refractivity contribution in [1.82, 2.24) is 5.32 Å². The predicted octanol–water partition coefficient (Wildman–Crippen LogP) is 4.93. The van der Waals surface area contributed by atoms with Gasteiger partial charge < -0.3 is 5.32 Å². The van der Waals surface area contributed by atoms with Crippen molar-refractivity contribution in [2.45, 2.75) is 19.9 Å². The summed E-state index contributed by atoms with van der Waals surface area (Å²) >= 11 is 10.3. The van der Waals surface area contributed by atoms with Crippen LogP contribution in [0.5, 0.6) is 0 Å². The van der Waals surface area contributed by atoms with Crippen molar-refractivity contribution in [2.75, 3.05) is 7.05 Å². The first-order valence-electron chi connectivity index (χ1n) is 5.72. The second-order valence-corrected chi connectivity index (χ2v) is 7.32. The normalized spacial score (nSPS) is 12.7. The maximum absolute atomic E-state index is 6.12. The molecule has 18 heavy (non-hydrogen) atoms. The van der Waals surface area contributed by atoms with Gasteiger partial charge in [0.15, 0.2) is 0 Å². The summed E-state index contributed by atoms with van der Waals surface area (Å²) in [5.41, 5.74) is 2.59. The van der Waals surface area contributed by atoms with E-state index in [1.807, 2.05) is 24.5 Å². The molecule has 1 nitrogen and oxygen atoms in total. The van der Waals surface area contributed by atoms with Crippen LogP contribution in [0.15, 0.2) is 24.3 Å². The highest BCUT2D eigenvalue weighted by Crippen LogP contribution is 2.33. The Labute approximate surface area is 131 Å². The first-order chi connectivity index (χ1) is 8.52. The summed E-state index contributed by atoms with van der Waals surface area (Å²) in [6, 6.07) is 8.53. The lowest BCUT2D eigenvalue weighted by molar-refractivity contribution is 0.687. The maximum Gasteiger partial charge on any atom is 0.0596 e.